The van der Waals surface area contributed by atoms with Crippen LogP contribution in [0, 0.1) is 0 Å². The number of nitrogens with zero attached hydrogens (tertiary/aromatic N) is 1. The van der Waals surface area contributed by atoms with Gasteiger partial charge in [-0.1, -0.05) is 12.2 Å². The van der Waals surface area contributed by atoms with Crippen LogP contribution >= 0.6 is 12.2 Å². The maximum Gasteiger partial charge on any atom is 0.433 e. The van der Waals surface area contributed by atoms with E-state index in [1.807, 2.05) is 0 Å². The summed E-state index contributed by atoms with van der Waals surface area (Å²) in [5.41, 5.74) is 4.76. The molecule has 0 aliphatic rings. The molecule has 3 N–H and O–H groups in total. The molecule has 19 heavy (non-hydrogen) atoms. The summed E-state index contributed by atoms with van der Waals surface area (Å²) in [5.74, 6) is 0.0402. The zero-order valence-electron chi connectivity index (χ0n) is 10.3. The minimum absolute atomic E-state index is 0.00420. The quantitative estimate of drug-likeness (QED) is 0.622. The van der Waals surface area contributed by atoms with Crippen molar-refractivity contribution in [3.05, 3.63) is 23.4 Å². The Bertz CT molecular complexity index is 451. The number of methoxy groups -OCH3 is 1. The maximum absolute atomic E-state index is 12.6. The number of thiocarbonyl (C=S) groups is 1. The van der Waals surface area contributed by atoms with Crippen LogP contribution in [0.25, 0.3) is 0 Å². The summed E-state index contributed by atoms with van der Waals surface area (Å²) in [6.45, 7) is 0.909. The predicted octanol–water partition coefficient (Wildman–Crippen LogP) is 2.18. The molecule has 0 saturated carbocycles. The van der Waals surface area contributed by atoms with Crippen molar-refractivity contribution in [1.82, 2.24) is 4.98 Å². The molecule has 0 unspecified atom stereocenters. The summed E-state index contributed by atoms with van der Waals surface area (Å²) in [6, 6.07) is 2.08. The summed E-state index contributed by atoms with van der Waals surface area (Å²) in [4.78, 5) is 3.51. The molecule has 4 nitrogen and oxygen atoms in total. The Kier molecular flexibility index (Phi) is 5.49. The molecule has 0 radical (unpaired) electrons. The van der Waals surface area contributed by atoms with Gasteiger partial charge in [-0.05, 0) is 18.6 Å². The Morgan fingerprint density at radius 1 is 1.47 bits per heavy atom. The van der Waals surface area contributed by atoms with Crippen molar-refractivity contribution in [1.29, 1.82) is 0 Å². The lowest BCUT2D eigenvalue weighted by Crippen LogP contribution is -2.18. The van der Waals surface area contributed by atoms with Crippen molar-refractivity contribution in [2.75, 3.05) is 25.6 Å². The smallest absolute Gasteiger partial charge is 0.389 e. The number of nitrogens with one attached hydrogen (secondary N) is 1. The first-order valence-electron chi connectivity index (χ1n) is 5.47. The van der Waals surface area contributed by atoms with Gasteiger partial charge in [0.05, 0.1) is 5.56 Å². The van der Waals surface area contributed by atoms with Gasteiger partial charge < -0.3 is 15.8 Å². The maximum atomic E-state index is 12.6. The van der Waals surface area contributed by atoms with E-state index >= 15 is 0 Å². The number of hydrogen-bond acceptors (Lipinski definition) is 4. The molecule has 1 heterocycles. The van der Waals surface area contributed by atoms with Crippen LogP contribution in [0.1, 0.15) is 17.7 Å². The molecular formula is C11H14F3N3OS. The largest absolute Gasteiger partial charge is 0.433 e. The van der Waals surface area contributed by atoms with E-state index in [4.69, 9.17) is 22.7 Å². The van der Waals surface area contributed by atoms with E-state index in [1.165, 1.54) is 6.07 Å². The van der Waals surface area contributed by atoms with Crippen LogP contribution < -0.4 is 11.1 Å². The lowest BCUT2D eigenvalue weighted by Gasteiger charge is -2.13. The van der Waals surface area contributed by atoms with E-state index in [-0.39, 0.29) is 10.8 Å². The number of anilines is 1. The Morgan fingerprint density at radius 3 is 2.68 bits per heavy atom. The third-order valence-electron chi connectivity index (χ3n) is 2.27. The van der Waals surface area contributed by atoms with E-state index in [2.05, 4.69) is 10.3 Å². The highest BCUT2D eigenvalue weighted by molar-refractivity contribution is 7.80. The first-order chi connectivity index (χ1) is 8.86. The van der Waals surface area contributed by atoms with Gasteiger partial charge in [-0.25, -0.2) is 4.98 Å². The van der Waals surface area contributed by atoms with Crippen LogP contribution in [-0.4, -0.2) is 30.2 Å². The second-order valence-corrected chi connectivity index (χ2v) is 4.17. The number of rotatable bonds is 6. The lowest BCUT2D eigenvalue weighted by molar-refractivity contribution is -0.141. The molecule has 0 spiro atoms. The minimum Gasteiger partial charge on any atom is -0.389 e. The highest BCUT2D eigenvalue weighted by Crippen LogP contribution is 2.29. The highest BCUT2D eigenvalue weighted by atomic mass is 32.1. The Hall–Kier alpha value is -1.41. The van der Waals surface area contributed by atoms with Crippen molar-refractivity contribution in [2.24, 2.45) is 5.73 Å². The summed E-state index contributed by atoms with van der Waals surface area (Å²) < 4.78 is 42.6. The Labute approximate surface area is 114 Å². The summed E-state index contributed by atoms with van der Waals surface area (Å²) >= 11 is 4.78. The summed E-state index contributed by atoms with van der Waals surface area (Å²) in [6.07, 6.45) is -3.87. The standard InChI is InChI=1S/C11H14F3N3OS/c1-18-6-2-5-16-10-7(9(15)19)3-4-8(17-10)11(12,13)14/h3-4H,2,5-6H2,1H3,(H2,15,19)(H,16,17). The zero-order chi connectivity index (χ0) is 14.5. The molecule has 0 fully saturated rings. The molecule has 0 aromatic carbocycles. The van der Waals surface area contributed by atoms with Crippen molar-refractivity contribution in [3.63, 3.8) is 0 Å². The van der Waals surface area contributed by atoms with Gasteiger partial charge in [0.2, 0.25) is 0 Å². The molecule has 8 heteroatoms. The topological polar surface area (TPSA) is 60.2 Å². The van der Waals surface area contributed by atoms with E-state index in [1.54, 1.807) is 7.11 Å². The van der Waals surface area contributed by atoms with Gasteiger partial charge in [-0.15, -0.1) is 0 Å². The van der Waals surface area contributed by atoms with Gasteiger partial charge >= 0.3 is 6.18 Å². The van der Waals surface area contributed by atoms with E-state index < -0.39 is 11.9 Å². The van der Waals surface area contributed by atoms with E-state index in [0.717, 1.165) is 6.07 Å². The third kappa shape index (κ3) is 4.64. The van der Waals surface area contributed by atoms with Gasteiger partial charge in [0.25, 0.3) is 0 Å². The van der Waals surface area contributed by atoms with Crippen LogP contribution in [-0.2, 0) is 10.9 Å². The van der Waals surface area contributed by atoms with E-state index in [0.29, 0.717) is 25.1 Å². The molecule has 0 saturated heterocycles. The van der Waals surface area contributed by atoms with Crippen molar-refractivity contribution < 1.29 is 17.9 Å². The van der Waals surface area contributed by atoms with Crippen molar-refractivity contribution in [2.45, 2.75) is 12.6 Å². The van der Waals surface area contributed by atoms with Crippen LogP contribution in [0.5, 0.6) is 0 Å². The fraction of sp³-hybridized carbons (Fsp3) is 0.455. The fourth-order valence-corrected chi connectivity index (χ4v) is 1.54. The zero-order valence-corrected chi connectivity index (χ0v) is 11.1. The van der Waals surface area contributed by atoms with Crippen LogP contribution in [0.15, 0.2) is 12.1 Å². The molecule has 0 amide bonds. The molecule has 1 rings (SSSR count). The molecule has 0 bridgehead atoms. The molecule has 1 aromatic heterocycles. The molecular weight excluding hydrogens is 279 g/mol. The number of halogens is 3. The second-order valence-electron chi connectivity index (χ2n) is 3.73. The minimum atomic E-state index is -4.50. The van der Waals surface area contributed by atoms with E-state index in [9.17, 15) is 13.2 Å². The number of ether oxygens (including phenoxy) is 1. The number of aromatic nitrogens is 1. The predicted molar refractivity (Wildman–Crippen MR) is 70.1 cm³/mol. The van der Waals surface area contributed by atoms with Gasteiger partial charge in [0, 0.05) is 20.3 Å². The van der Waals surface area contributed by atoms with Gasteiger partial charge in [0.1, 0.15) is 16.5 Å². The number of hydrogen-bond donors (Lipinski definition) is 2. The van der Waals surface area contributed by atoms with Gasteiger partial charge in [0.15, 0.2) is 0 Å². The summed E-state index contributed by atoms with van der Waals surface area (Å²) in [7, 11) is 1.54. The fourth-order valence-electron chi connectivity index (χ4n) is 1.37. The van der Waals surface area contributed by atoms with Crippen LogP contribution in [0.3, 0.4) is 0 Å². The first-order valence-corrected chi connectivity index (χ1v) is 5.88. The Balaban J connectivity index is 2.93. The van der Waals surface area contributed by atoms with Crippen LogP contribution in [0.2, 0.25) is 0 Å². The lowest BCUT2D eigenvalue weighted by atomic mass is 10.2. The average molecular weight is 293 g/mol. The Morgan fingerprint density at radius 2 is 2.16 bits per heavy atom. The average Bonchev–Trinajstić information content (AvgIpc) is 2.33. The second kappa shape index (κ2) is 6.67. The summed E-state index contributed by atoms with van der Waals surface area (Å²) in [5, 5.41) is 2.78. The van der Waals surface area contributed by atoms with Crippen molar-refractivity contribution >= 4 is 23.0 Å². The third-order valence-corrected chi connectivity index (χ3v) is 2.49. The number of alkyl halides is 3. The number of nitrogens with two attached hydrogens (primary N) is 1. The molecule has 0 atom stereocenters. The van der Waals surface area contributed by atoms with Gasteiger partial charge in [-0.2, -0.15) is 13.2 Å². The monoisotopic (exact) mass is 293 g/mol. The molecule has 1 aromatic rings. The normalized spacial score (nSPS) is 11.4. The SMILES string of the molecule is COCCCNc1nc(C(F)(F)F)ccc1C(N)=S. The van der Waals surface area contributed by atoms with Crippen LogP contribution in [0.4, 0.5) is 19.0 Å². The molecule has 0 aliphatic heterocycles. The van der Waals surface area contributed by atoms with Crippen molar-refractivity contribution in [3.8, 4) is 0 Å². The highest BCUT2D eigenvalue weighted by Gasteiger charge is 2.33. The number of pyridine rings is 1. The molecule has 106 valence electrons. The van der Waals surface area contributed by atoms with Gasteiger partial charge in [-0.3, -0.25) is 0 Å². The first kappa shape index (κ1) is 15.6. The molecule has 0 aliphatic carbocycles.